The number of aryl methyl sites for hydroxylation is 2. The van der Waals surface area contributed by atoms with Crippen LogP contribution in [0.2, 0.25) is 0 Å². The molecule has 7 heteroatoms. The molecule has 2 rings (SSSR count). The molecule has 0 aromatic heterocycles. The molecular formula is C18H21O6P. The van der Waals surface area contributed by atoms with Gasteiger partial charge in [-0.3, -0.25) is 9.36 Å². The van der Waals surface area contributed by atoms with E-state index in [9.17, 15) is 14.5 Å². The van der Waals surface area contributed by atoms with Crippen molar-refractivity contribution in [3.63, 3.8) is 0 Å². The van der Waals surface area contributed by atoms with Crippen LogP contribution in [0.3, 0.4) is 0 Å². The van der Waals surface area contributed by atoms with E-state index >= 15 is 0 Å². The van der Waals surface area contributed by atoms with Gasteiger partial charge in [0.1, 0.15) is 11.5 Å². The van der Waals surface area contributed by atoms with E-state index in [2.05, 4.69) is 0 Å². The van der Waals surface area contributed by atoms with Gasteiger partial charge in [0, 0.05) is 0 Å². The first-order valence-electron chi connectivity index (χ1n) is 7.67. The maximum Gasteiger partial charge on any atom is 0.362 e. The first kappa shape index (κ1) is 19.2. The van der Waals surface area contributed by atoms with Crippen LogP contribution >= 0.6 is 7.60 Å². The van der Waals surface area contributed by atoms with Gasteiger partial charge in [-0.05, 0) is 73.7 Å². The Morgan fingerprint density at radius 3 is 2.24 bits per heavy atom. The number of phenolic OH excluding ortho intramolecular Hbond substituents is 1. The summed E-state index contributed by atoms with van der Waals surface area (Å²) in [6, 6.07) is 8.40. The lowest BCUT2D eigenvalue weighted by atomic mass is 9.94. The Kier molecular flexibility index (Phi) is 5.68. The van der Waals surface area contributed by atoms with Gasteiger partial charge >= 0.3 is 7.60 Å². The third-order valence-corrected chi connectivity index (χ3v) is 4.36. The maximum atomic E-state index is 11.6. The van der Waals surface area contributed by atoms with Crippen LogP contribution in [0.1, 0.15) is 39.5 Å². The lowest BCUT2D eigenvalue weighted by Gasteiger charge is -2.14. The van der Waals surface area contributed by atoms with Crippen LogP contribution in [0.25, 0.3) is 0 Å². The highest BCUT2D eigenvalue weighted by Gasteiger charge is 2.15. The van der Waals surface area contributed by atoms with Crippen molar-refractivity contribution in [1.82, 2.24) is 0 Å². The summed E-state index contributed by atoms with van der Waals surface area (Å²) in [6.45, 7) is 5.18. The first-order chi connectivity index (χ1) is 11.6. The molecule has 0 fully saturated rings. The third-order valence-electron chi connectivity index (χ3n) is 3.89. The zero-order valence-electron chi connectivity index (χ0n) is 14.3. The van der Waals surface area contributed by atoms with Crippen molar-refractivity contribution in [3.8, 4) is 11.5 Å². The summed E-state index contributed by atoms with van der Waals surface area (Å²) < 4.78 is 16.1. The molecule has 0 heterocycles. The highest BCUT2D eigenvalue weighted by molar-refractivity contribution is 7.51. The summed E-state index contributed by atoms with van der Waals surface area (Å²) in [5.74, 6) is 0.164. The van der Waals surface area contributed by atoms with Crippen LogP contribution in [-0.4, -0.2) is 27.0 Å². The van der Waals surface area contributed by atoms with Crippen LogP contribution in [0, 0.1) is 13.8 Å². The molecular weight excluding hydrogens is 343 g/mol. The van der Waals surface area contributed by atoms with E-state index in [-0.39, 0.29) is 17.1 Å². The number of rotatable bonds is 6. The predicted octanol–water partition coefficient (Wildman–Crippen LogP) is 3.32. The number of benzene rings is 2. The minimum atomic E-state index is -4.23. The number of ketones is 1. The van der Waals surface area contributed by atoms with Crippen molar-refractivity contribution in [3.05, 3.63) is 58.1 Å². The summed E-state index contributed by atoms with van der Waals surface area (Å²) in [7, 11) is -4.23. The molecule has 0 saturated carbocycles. The summed E-state index contributed by atoms with van der Waals surface area (Å²) in [4.78, 5) is 29.4. The van der Waals surface area contributed by atoms with Gasteiger partial charge in [-0.2, -0.15) is 0 Å². The smallest absolute Gasteiger partial charge is 0.362 e. The first-order valence-corrected chi connectivity index (χ1v) is 9.47. The van der Waals surface area contributed by atoms with Crippen molar-refractivity contribution in [2.24, 2.45) is 0 Å². The van der Waals surface area contributed by atoms with Crippen molar-refractivity contribution in [2.75, 3.05) is 6.35 Å². The van der Waals surface area contributed by atoms with E-state index in [0.717, 1.165) is 22.3 Å². The van der Waals surface area contributed by atoms with E-state index in [1.54, 1.807) is 24.3 Å². The number of ether oxygens (including phenoxy) is 1. The largest absolute Gasteiger partial charge is 0.507 e. The van der Waals surface area contributed by atoms with Crippen LogP contribution in [0.5, 0.6) is 11.5 Å². The predicted molar refractivity (Wildman–Crippen MR) is 94.4 cm³/mol. The molecule has 3 N–H and O–H groups in total. The highest BCUT2D eigenvalue weighted by Crippen LogP contribution is 2.35. The molecule has 134 valence electrons. The van der Waals surface area contributed by atoms with Crippen molar-refractivity contribution in [1.29, 1.82) is 0 Å². The molecule has 0 saturated heterocycles. The molecule has 0 radical (unpaired) electrons. The minimum Gasteiger partial charge on any atom is -0.507 e. The number of phenols is 1. The lowest BCUT2D eigenvalue weighted by molar-refractivity contribution is 0.101. The summed E-state index contributed by atoms with van der Waals surface area (Å²) in [6.07, 6.45) is -0.0951. The van der Waals surface area contributed by atoms with Crippen LogP contribution in [0.4, 0.5) is 0 Å². The van der Waals surface area contributed by atoms with Crippen molar-refractivity contribution in [2.45, 2.75) is 27.2 Å². The quantitative estimate of drug-likeness (QED) is 0.537. The number of carbonyl (C=O) groups is 1. The Hall–Kier alpha value is -2.14. The Labute approximate surface area is 146 Å². The van der Waals surface area contributed by atoms with Gasteiger partial charge in [-0.25, -0.2) is 0 Å². The van der Waals surface area contributed by atoms with Gasteiger partial charge in [0.15, 0.2) is 12.1 Å². The van der Waals surface area contributed by atoms with E-state index in [0.29, 0.717) is 12.2 Å². The molecule has 0 bridgehead atoms. The van der Waals surface area contributed by atoms with Crippen LogP contribution in [-0.2, 0) is 11.0 Å². The van der Waals surface area contributed by atoms with Gasteiger partial charge in [0.2, 0.25) is 0 Å². The van der Waals surface area contributed by atoms with Crippen LogP contribution in [0.15, 0.2) is 30.3 Å². The molecule has 25 heavy (non-hydrogen) atoms. The molecule has 2 aromatic carbocycles. The molecule has 0 amide bonds. The van der Waals surface area contributed by atoms with E-state index < -0.39 is 13.9 Å². The Bertz CT molecular complexity index is 830. The fourth-order valence-electron chi connectivity index (χ4n) is 2.65. The SMILES string of the molecule is CC(=O)c1cc(Cc2c(C)cc(OCP(=O)(O)O)cc2C)ccc1O. The van der Waals surface area contributed by atoms with Gasteiger partial charge < -0.3 is 19.6 Å². The second-order valence-electron chi connectivity index (χ2n) is 6.06. The van der Waals surface area contributed by atoms with Crippen molar-refractivity contribution < 1.29 is 29.0 Å². The van der Waals surface area contributed by atoms with E-state index in [1.807, 2.05) is 13.8 Å². The lowest BCUT2D eigenvalue weighted by Crippen LogP contribution is -2.02. The highest BCUT2D eigenvalue weighted by atomic mass is 31.2. The summed E-state index contributed by atoms with van der Waals surface area (Å²) >= 11 is 0. The topological polar surface area (TPSA) is 104 Å². The molecule has 0 spiro atoms. The summed E-state index contributed by atoms with van der Waals surface area (Å²) in [5.41, 5.74) is 4.03. The molecule has 0 aliphatic carbocycles. The molecule has 0 unspecified atom stereocenters. The van der Waals surface area contributed by atoms with Gasteiger partial charge in [0.05, 0.1) is 5.56 Å². The zero-order chi connectivity index (χ0) is 18.8. The third kappa shape index (κ3) is 5.16. The number of Topliss-reactive ketones (excluding diaryl/α,β-unsaturated/α-hetero) is 1. The second kappa shape index (κ2) is 7.40. The number of carbonyl (C=O) groups excluding carboxylic acids is 1. The van der Waals surface area contributed by atoms with Crippen LogP contribution < -0.4 is 4.74 Å². The van der Waals surface area contributed by atoms with Crippen molar-refractivity contribution >= 4 is 13.4 Å². The molecule has 2 aromatic rings. The van der Waals surface area contributed by atoms with Gasteiger partial charge in [-0.1, -0.05) is 6.07 Å². The van der Waals surface area contributed by atoms with E-state index in [1.165, 1.54) is 13.0 Å². The molecule has 0 atom stereocenters. The monoisotopic (exact) mass is 364 g/mol. The number of hydrogen-bond acceptors (Lipinski definition) is 4. The second-order valence-corrected chi connectivity index (χ2v) is 7.65. The minimum absolute atomic E-state index is 0.0362. The van der Waals surface area contributed by atoms with E-state index in [4.69, 9.17) is 14.5 Å². The molecule has 6 nitrogen and oxygen atoms in total. The average molecular weight is 364 g/mol. The number of aromatic hydroxyl groups is 1. The fraction of sp³-hybridized carbons (Fsp3) is 0.278. The Balaban J connectivity index is 2.27. The standard InChI is InChI=1S/C18H21O6P/c1-11-6-15(24-10-25(21,22)23)7-12(2)16(11)8-14-4-5-18(20)17(9-14)13(3)19/h4-7,9,20H,8,10H2,1-3H3,(H2,21,22,23). The zero-order valence-corrected chi connectivity index (χ0v) is 15.2. The van der Waals surface area contributed by atoms with Gasteiger partial charge in [0.25, 0.3) is 0 Å². The molecule has 0 aliphatic rings. The normalized spacial score (nSPS) is 11.4. The average Bonchev–Trinajstić information content (AvgIpc) is 2.49. The summed E-state index contributed by atoms with van der Waals surface area (Å²) in [5, 5.41) is 9.74. The number of hydrogen-bond donors (Lipinski definition) is 3. The Morgan fingerprint density at radius 2 is 1.72 bits per heavy atom. The van der Waals surface area contributed by atoms with Gasteiger partial charge in [-0.15, -0.1) is 0 Å². The Morgan fingerprint density at radius 1 is 1.12 bits per heavy atom. The fourth-order valence-corrected chi connectivity index (χ4v) is 2.97. The maximum absolute atomic E-state index is 11.6. The molecule has 0 aliphatic heterocycles.